The van der Waals surface area contributed by atoms with E-state index in [0.717, 1.165) is 0 Å². The van der Waals surface area contributed by atoms with Crippen molar-refractivity contribution in [2.24, 2.45) is 0 Å². The van der Waals surface area contributed by atoms with Gasteiger partial charge in [0.15, 0.2) is 5.78 Å². The molecule has 5 nitrogen and oxygen atoms in total. The normalized spacial score (nSPS) is 11.9. The third-order valence-corrected chi connectivity index (χ3v) is 5.24. The number of ketones is 1. The van der Waals surface area contributed by atoms with Gasteiger partial charge in [-0.3, -0.25) is 4.79 Å². The molecule has 31 heavy (non-hydrogen) atoms. The summed E-state index contributed by atoms with van der Waals surface area (Å²) in [6.45, 7) is 0. The minimum atomic E-state index is -0.774. The van der Waals surface area contributed by atoms with Crippen molar-refractivity contribution < 1.29 is 23.4 Å². The second-order valence-corrected chi connectivity index (χ2v) is 7.11. The van der Waals surface area contributed by atoms with Crippen molar-refractivity contribution >= 4 is 16.8 Å². The van der Waals surface area contributed by atoms with E-state index < -0.39 is 17.4 Å². The van der Waals surface area contributed by atoms with E-state index in [9.17, 15) is 19.1 Å². The summed E-state index contributed by atoms with van der Waals surface area (Å²) in [7, 11) is 1.54. The average Bonchev–Trinajstić information content (AvgIpc) is 2.79. The molecular weight excluding hydrogens is 399 g/mol. The predicted molar refractivity (Wildman–Crippen MR) is 114 cm³/mol. The summed E-state index contributed by atoms with van der Waals surface area (Å²) in [6.07, 6.45) is -0.116. The number of methoxy groups -OCH3 is 1. The Bertz CT molecular complexity index is 1290. The lowest BCUT2D eigenvalue weighted by molar-refractivity contribution is 0.0977. The Balaban J connectivity index is 1.84. The van der Waals surface area contributed by atoms with Crippen molar-refractivity contribution in [3.63, 3.8) is 0 Å². The number of aromatic hydroxyl groups is 1. The van der Waals surface area contributed by atoms with E-state index in [1.165, 1.54) is 31.4 Å². The van der Waals surface area contributed by atoms with Crippen LogP contribution in [-0.2, 0) is 0 Å². The van der Waals surface area contributed by atoms with Crippen LogP contribution in [0, 0.1) is 5.82 Å². The zero-order valence-corrected chi connectivity index (χ0v) is 16.7. The number of ether oxygens (including phenoxy) is 1. The molecule has 1 unspecified atom stereocenters. The van der Waals surface area contributed by atoms with Crippen LogP contribution in [0.4, 0.5) is 4.39 Å². The fraction of sp³-hybridized carbons (Fsp3) is 0.120. The molecule has 156 valence electrons. The molecule has 0 aliphatic heterocycles. The molecule has 0 saturated carbocycles. The van der Waals surface area contributed by atoms with E-state index in [1.807, 2.05) is 0 Å². The van der Waals surface area contributed by atoms with E-state index in [2.05, 4.69) is 0 Å². The SMILES string of the molecule is COc1ccc(C(CC(=O)c2ccc(F)cc2)c2c(O)c3ccccc3oc2=O)cc1. The summed E-state index contributed by atoms with van der Waals surface area (Å²) in [5.74, 6) is -1.13. The first-order valence-corrected chi connectivity index (χ1v) is 9.65. The highest BCUT2D eigenvalue weighted by Crippen LogP contribution is 2.37. The van der Waals surface area contributed by atoms with E-state index in [0.29, 0.717) is 22.3 Å². The molecule has 0 spiro atoms. The molecule has 1 N–H and O–H groups in total. The Morgan fingerprint density at radius 2 is 1.71 bits per heavy atom. The number of carbonyl (C=O) groups excluding carboxylic acids is 1. The third kappa shape index (κ3) is 4.05. The van der Waals surface area contributed by atoms with Gasteiger partial charge in [0.1, 0.15) is 22.9 Å². The molecule has 0 amide bonds. The monoisotopic (exact) mass is 418 g/mol. The van der Waals surface area contributed by atoms with Gasteiger partial charge in [0.05, 0.1) is 18.1 Å². The maximum Gasteiger partial charge on any atom is 0.343 e. The summed E-state index contributed by atoms with van der Waals surface area (Å²) in [6, 6.07) is 18.7. The van der Waals surface area contributed by atoms with Gasteiger partial charge in [0.25, 0.3) is 0 Å². The van der Waals surface area contributed by atoms with Gasteiger partial charge in [0, 0.05) is 17.9 Å². The number of fused-ring (bicyclic) bond motifs is 1. The Kier molecular flexibility index (Phi) is 5.54. The maximum atomic E-state index is 13.3. The number of carbonyl (C=O) groups is 1. The number of benzene rings is 3. The van der Waals surface area contributed by atoms with Crippen molar-refractivity contribution in [3.8, 4) is 11.5 Å². The highest BCUT2D eigenvalue weighted by atomic mass is 19.1. The summed E-state index contributed by atoms with van der Waals surface area (Å²) in [4.78, 5) is 25.8. The van der Waals surface area contributed by atoms with Gasteiger partial charge in [-0.15, -0.1) is 0 Å². The molecule has 4 rings (SSSR count). The van der Waals surface area contributed by atoms with Crippen LogP contribution in [0.25, 0.3) is 11.0 Å². The second kappa shape index (κ2) is 8.44. The number of rotatable bonds is 6. The molecule has 0 aliphatic rings. The van der Waals surface area contributed by atoms with Crippen LogP contribution in [0.1, 0.15) is 33.8 Å². The molecule has 1 aromatic heterocycles. The molecule has 1 atom stereocenters. The van der Waals surface area contributed by atoms with Crippen LogP contribution in [0.15, 0.2) is 82.0 Å². The summed E-state index contributed by atoms with van der Waals surface area (Å²) in [5.41, 5.74) is 0.481. The lowest BCUT2D eigenvalue weighted by Crippen LogP contribution is -2.17. The van der Waals surface area contributed by atoms with Crippen LogP contribution < -0.4 is 10.4 Å². The van der Waals surface area contributed by atoms with Crippen molar-refractivity contribution in [2.45, 2.75) is 12.3 Å². The largest absolute Gasteiger partial charge is 0.507 e. The van der Waals surface area contributed by atoms with Gasteiger partial charge >= 0.3 is 5.63 Å². The Morgan fingerprint density at radius 3 is 2.39 bits per heavy atom. The van der Waals surface area contributed by atoms with Crippen LogP contribution in [-0.4, -0.2) is 18.0 Å². The quantitative estimate of drug-likeness (QED) is 0.350. The zero-order valence-electron chi connectivity index (χ0n) is 16.7. The number of halogens is 1. The molecular formula is C25H19FO5. The van der Waals surface area contributed by atoms with Gasteiger partial charge in [-0.05, 0) is 54.1 Å². The minimum absolute atomic E-state index is 0.000622. The van der Waals surface area contributed by atoms with Gasteiger partial charge < -0.3 is 14.3 Å². The van der Waals surface area contributed by atoms with Crippen molar-refractivity contribution in [2.75, 3.05) is 7.11 Å². The standard InChI is InChI=1S/C25H19FO5/c1-30-18-12-8-15(9-13-18)20(14-21(27)16-6-10-17(26)11-7-16)23-24(28)19-4-2-3-5-22(19)31-25(23)29/h2-13,20,28H,14H2,1H3. The lowest BCUT2D eigenvalue weighted by Gasteiger charge is -2.18. The summed E-state index contributed by atoms with van der Waals surface area (Å²) < 4.78 is 23.9. The Labute approximate surface area is 177 Å². The van der Waals surface area contributed by atoms with Gasteiger partial charge in [-0.25, -0.2) is 9.18 Å². The average molecular weight is 418 g/mol. The molecule has 0 saturated heterocycles. The number of hydrogen-bond acceptors (Lipinski definition) is 5. The van der Waals surface area contributed by atoms with Crippen molar-refractivity contribution in [1.82, 2.24) is 0 Å². The van der Waals surface area contributed by atoms with Crippen LogP contribution in [0.2, 0.25) is 0 Å². The van der Waals surface area contributed by atoms with Crippen LogP contribution >= 0.6 is 0 Å². The molecule has 0 radical (unpaired) electrons. The molecule has 0 aliphatic carbocycles. The smallest absolute Gasteiger partial charge is 0.343 e. The first-order chi connectivity index (χ1) is 15.0. The van der Waals surface area contributed by atoms with Crippen molar-refractivity contribution in [1.29, 1.82) is 0 Å². The highest BCUT2D eigenvalue weighted by molar-refractivity contribution is 5.97. The highest BCUT2D eigenvalue weighted by Gasteiger charge is 2.27. The third-order valence-electron chi connectivity index (χ3n) is 5.24. The predicted octanol–water partition coefficient (Wildman–Crippen LogP) is 5.05. The van der Waals surface area contributed by atoms with E-state index in [1.54, 1.807) is 48.5 Å². The van der Waals surface area contributed by atoms with E-state index >= 15 is 0 Å². The first kappa shape index (κ1) is 20.3. The number of Topliss-reactive ketones (excluding diaryl/α,β-unsaturated/α-hetero) is 1. The topological polar surface area (TPSA) is 76.7 Å². The molecule has 1 heterocycles. The Hall–Kier alpha value is -3.93. The minimum Gasteiger partial charge on any atom is -0.507 e. The Morgan fingerprint density at radius 1 is 1.03 bits per heavy atom. The van der Waals surface area contributed by atoms with Gasteiger partial charge in [-0.1, -0.05) is 24.3 Å². The van der Waals surface area contributed by atoms with E-state index in [4.69, 9.17) is 9.15 Å². The van der Waals surface area contributed by atoms with Gasteiger partial charge in [0.2, 0.25) is 0 Å². The van der Waals surface area contributed by atoms with Crippen molar-refractivity contribution in [3.05, 3.63) is 106 Å². The first-order valence-electron chi connectivity index (χ1n) is 9.65. The van der Waals surface area contributed by atoms with E-state index in [-0.39, 0.29) is 29.1 Å². The second-order valence-electron chi connectivity index (χ2n) is 7.11. The molecule has 6 heteroatoms. The fourth-order valence-corrected chi connectivity index (χ4v) is 3.62. The van der Waals surface area contributed by atoms with Gasteiger partial charge in [-0.2, -0.15) is 0 Å². The molecule has 0 fully saturated rings. The van der Waals surface area contributed by atoms with Crippen LogP contribution in [0.5, 0.6) is 11.5 Å². The summed E-state index contributed by atoms with van der Waals surface area (Å²) in [5, 5.41) is 11.3. The molecule has 3 aromatic carbocycles. The summed E-state index contributed by atoms with van der Waals surface area (Å²) >= 11 is 0. The fourth-order valence-electron chi connectivity index (χ4n) is 3.62. The zero-order chi connectivity index (χ0) is 22.0. The lowest BCUT2D eigenvalue weighted by atomic mass is 9.85. The molecule has 4 aromatic rings. The molecule has 0 bridgehead atoms. The number of para-hydroxylation sites is 1. The van der Waals surface area contributed by atoms with Crippen LogP contribution in [0.3, 0.4) is 0 Å². The number of hydrogen-bond donors (Lipinski definition) is 1. The maximum absolute atomic E-state index is 13.3.